The van der Waals surface area contributed by atoms with Crippen molar-refractivity contribution in [2.24, 2.45) is 0 Å². The van der Waals surface area contributed by atoms with E-state index in [0.717, 1.165) is 16.8 Å². The highest BCUT2D eigenvalue weighted by Gasteiger charge is 2.24. The first kappa shape index (κ1) is 20.4. The van der Waals surface area contributed by atoms with Crippen LogP contribution in [0, 0.1) is 0 Å². The first-order valence-corrected chi connectivity index (χ1v) is 9.21. The molecule has 152 valence electrons. The lowest BCUT2D eigenvalue weighted by Gasteiger charge is -2.10. The van der Waals surface area contributed by atoms with Crippen molar-refractivity contribution in [1.82, 2.24) is 0 Å². The van der Waals surface area contributed by atoms with Crippen LogP contribution in [-0.4, -0.2) is 45.5 Å². The van der Waals surface area contributed by atoms with Crippen molar-refractivity contribution < 1.29 is 28.6 Å². The molecule has 0 atom stereocenters. The van der Waals surface area contributed by atoms with E-state index >= 15 is 0 Å². The fraction of sp³-hybridized carbons (Fsp3) is 0.318. The minimum Gasteiger partial charge on any atom is -0.497 e. The minimum absolute atomic E-state index is 0.00907. The Labute approximate surface area is 169 Å². The van der Waals surface area contributed by atoms with Crippen molar-refractivity contribution >= 4 is 23.3 Å². The van der Waals surface area contributed by atoms with Gasteiger partial charge in [-0.1, -0.05) is 0 Å². The normalized spacial score (nSPS) is 12.5. The van der Waals surface area contributed by atoms with Gasteiger partial charge in [0.15, 0.2) is 12.4 Å². The van der Waals surface area contributed by atoms with Crippen molar-refractivity contribution in [3.8, 4) is 11.5 Å². The summed E-state index contributed by atoms with van der Waals surface area (Å²) in [6.45, 7) is -0.331. The zero-order valence-electron chi connectivity index (χ0n) is 16.7. The molecule has 0 spiro atoms. The van der Waals surface area contributed by atoms with Crippen molar-refractivity contribution in [1.29, 1.82) is 0 Å². The van der Waals surface area contributed by atoms with Gasteiger partial charge < -0.3 is 19.1 Å². The molecule has 1 heterocycles. The molecule has 0 N–H and O–H groups in total. The number of amides is 1. The fourth-order valence-corrected chi connectivity index (χ4v) is 3.20. The second-order valence-electron chi connectivity index (χ2n) is 6.78. The summed E-state index contributed by atoms with van der Waals surface area (Å²) in [5, 5.41) is 0. The predicted octanol–water partition coefficient (Wildman–Crippen LogP) is 2.58. The van der Waals surface area contributed by atoms with E-state index in [1.165, 1.54) is 0 Å². The van der Waals surface area contributed by atoms with E-state index in [1.807, 2.05) is 12.1 Å². The van der Waals surface area contributed by atoms with Gasteiger partial charge in [0.25, 0.3) is 0 Å². The van der Waals surface area contributed by atoms with E-state index in [9.17, 15) is 14.4 Å². The number of benzene rings is 2. The first-order valence-electron chi connectivity index (χ1n) is 9.21. The molecule has 7 heteroatoms. The number of carbonyl (C=O) groups is 3. The maximum atomic E-state index is 12.3. The Bertz CT molecular complexity index is 930. The van der Waals surface area contributed by atoms with E-state index in [2.05, 4.69) is 0 Å². The number of Topliss-reactive ketones (excluding diaryl/α,β-unsaturated/α-hetero) is 1. The van der Waals surface area contributed by atoms with Gasteiger partial charge in [-0.3, -0.25) is 14.4 Å². The number of hydrogen-bond acceptors (Lipinski definition) is 6. The average Bonchev–Trinajstić information content (AvgIpc) is 3.03. The second kappa shape index (κ2) is 8.77. The predicted molar refractivity (Wildman–Crippen MR) is 107 cm³/mol. The molecular formula is C22H23NO6. The Morgan fingerprint density at radius 1 is 1.03 bits per heavy atom. The largest absolute Gasteiger partial charge is 0.497 e. The standard InChI is InChI=1S/C22H23NO6/c1-23-19-6-5-15(10-16(19)11-21(23)25)20(24)13-29-22(26)7-4-14-8-17(27-2)12-18(9-14)28-3/h5-6,8-10,12H,4,7,11,13H2,1-3H3. The van der Waals surface area contributed by atoms with E-state index in [1.54, 1.807) is 50.4 Å². The molecule has 1 aliphatic rings. The number of methoxy groups -OCH3 is 2. The SMILES string of the molecule is COc1cc(CCC(=O)OCC(=O)c2ccc3c(c2)CC(=O)N3C)cc(OC)c1. The van der Waals surface area contributed by atoms with E-state index in [-0.39, 0.29) is 31.1 Å². The molecule has 0 aliphatic carbocycles. The van der Waals surface area contributed by atoms with Crippen LogP contribution in [0.3, 0.4) is 0 Å². The van der Waals surface area contributed by atoms with Crippen LogP contribution in [0.4, 0.5) is 5.69 Å². The molecule has 0 unspecified atom stereocenters. The molecule has 0 saturated carbocycles. The van der Waals surface area contributed by atoms with Crippen LogP contribution in [0.25, 0.3) is 0 Å². The van der Waals surface area contributed by atoms with Crippen molar-refractivity contribution in [3.63, 3.8) is 0 Å². The monoisotopic (exact) mass is 397 g/mol. The number of hydrogen-bond donors (Lipinski definition) is 0. The number of ketones is 1. The number of esters is 1. The second-order valence-corrected chi connectivity index (χ2v) is 6.78. The molecule has 0 radical (unpaired) electrons. The third-order valence-electron chi connectivity index (χ3n) is 4.87. The van der Waals surface area contributed by atoms with E-state index in [4.69, 9.17) is 14.2 Å². The van der Waals surface area contributed by atoms with Crippen LogP contribution in [-0.2, 0) is 27.2 Å². The van der Waals surface area contributed by atoms with Crippen molar-refractivity contribution in [3.05, 3.63) is 53.1 Å². The summed E-state index contributed by atoms with van der Waals surface area (Å²) in [7, 11) is 4.83. The van der Waals surface area contributed by atoms with Crippen LogP contribution >= 0.6 is 0 Å². The number of fused-ring (bicyclic) bond motifs is 1. The summed E-state index contributed by atoms with van der Waals surface area (Å²) in [6, 6.07) is 10.5. The van der Waals surface area contributed by atoms with Crippen LogP contribution in [0.2, 0.25) is 0 Å². The Hall–Kier alpha value is -3.35. The summed E-state index contributed by atoms with van der Waals surface area (Å²) < 4.78 is 15.6. The van der Waals surface area contributed by atoms with Gasteiger partial charge in [0.05, 0.1) is 20.6 Å². The molecule has 0 bridgehead atoms. The zero-order chi connectivity index (χ0) is 21.0. The third-order valence-corrected chi connectivity index (χ3v) is 4.87. The Balaban J connectivity index is 1.53. The number of anilines is 1. The third kappa shape index (κ3) is 4.74. The van der Waals surface area contributed by atoms with Gasteiger partial charge in [-0.15, -0.1) is 0 Å². The topological polar surface area (TPSA) is 82.1 Å². The molecule has 0 fully saturated rings. The molecule has 0 aromatic heterocycles. The highest BCUT2D eigenvalue weighted by Crippen LogP contribution is 2.28. The summed E-state index contributed by atoms with van der Waals surface area (Å²) in [5.74, 6) is 0.514. The Kier molecular flexibility index (Phi) is 6.16. The van der Waals surface area contributed by atoms with Crippen LogP contribution < -0.4 is 14.4 Å². The van der Waals surface area contributed by atoms with Crippen LogP contribution in [0.1, 0.15) is 27.9 Å². The molecule has 0 saturated heterocycles. The molecular weight excluding hydrogens is 374 g/mol. The maximum absolute atomic E-state index is 12.3. The van der Waals surface area contributed by atoms with Gasteiger partial charge >= 0.3 is 5.97 Å². The number of likely N-dealkylation sites (N-methyl/N-ethyl adjacent to an activating group) is 1. The quantitative estimate of drug-likeness (QED) is 0.503. The highest BCUT2D eigenvalue weighted by atomic mass is 16.5. The minimum atomic E-state index is -0.462. The number of aryl methyl sites for hydroxylation is 1. The molecule has 2 aromatic rings. The molecule has 2 aromatic carbocycles. The number of ether oxygens (including phenoxy) is 3. The summed E-state index contributed by atoms with van der Waals surface area (Å²) in [5.41, 5.74) is 2.91. The number of carbonyl (C=O) groups excluding carboxylic acids is 3. The van der Waals surface area contributed by atoms with Crippen LogP contribution in [0.15, 0.2) is 36.4 Å². The van der Waals surface area contributed by atoms with Crippen molar-refractivity contribution in [2.75, 3.05) is 32.8 Å². The molecule has 29 heavy (non-hydrogen) atoms. The number of rotatable bonds is 8. The smallest absolute Gasteiger partial charge is 0.306 e. The lowest BCUT2D eigenvalue weighted by molar-refractivity contribution is -0.142. The average molecular weight is 397 g/mol. The van der Waals surface area contributed by atoms with E-state index in [0.29, 0.717) is 23.5 Å². The fourth-order valence-electron chi connectivity index (χ4n) is 3.20. The molecule has 3 rings (SSSR count). The first-order chi connectivity index (χ1) is 13.9. The van der Waals surface area contributed by atoms with Gasteiger partial charge in [-0.25, -0.2) is 0 Å². The summed E-state index contributed by atoms with van der Waals surface area (Å²) in [6.07, 6.45) is 0.845. The van der Waals surface area contributed by atoms with Gasteiger partial charge in [0.1, 0.15) is 11.5 Å². The van der Waals surface area contributed by atoms with Gasteiger partial charge in [0, 0.05) is 30.8 Å². The lowest BCUT2D eigenvalue weighted by Crippen LogP contribution is -2.20. The van der Waals surface area contributed by atoms with Gasteiger partial charge in [0.2, 0.25) is 5.91 Å². The lowest BCUT2D eigenvalue weighted by atomic mass is 10.1. The Morgan fingerprint density at radius 3 is 2.38 bits per heavy atom. The number of nitrogens with zero attached hydrogens (tertiary/aromatic N) is 1. The molecule has 1 aliphatic heterocycles. The molecule has 7 nitrogen and oxygen atoms in total. The van der Waals surface area contributed by atoms with Crippen LogP contribution in [0.5, 0.6) is 11.5 Å². The maximum Gasteiger partial charge on any atom is 0.306 e. The van der Waals surface area contributed by atoms with Crippen molar-refractivity contribution in [2.45, 2.75) is 19.3 Å². The van der Waals surface area contributed by atoms with E-state index < -0.39 is 5.97 Å². The Morgan fingerprint density at radius 2 is 1.72 bits per heavy atom. The van der Waals surface area contributed by atoms with Gasteiger partial charge in [-0.05, 0) is 47.9 Å². The molecule has 1 amide bonds. The van der Waals surface area contributed by atoms with Gasteiger partial charge in [-0.2, -0.15) is 0 Å². The summed E-state index contributed by atoms with van der Waals surface area (Å²) in [4.78, 5) is 37.7. The highest BCUT2D eigenvalue weighted by molar-refractivity contribution is 6.03. The zero-order valence-corrected chi connectivity index (χ0v) is 16.7. The summed E-state index contributed by atoms with van der Waals surface area (Å²) >= 11 is 0.